The van der Waals surface area contributed by atoms with Crippen LogP contribution in [0.2, 0.25) is 0 Å². The third-order valence-corrected chi connectivity index (χ3v) is 6.48. The molecule has 2 aromatic heterocycles. The summed E-state index contributed by atoms with van der Waals surface area (Å²) in [6, 6.07) is 13.7. The summed E-state index contributed by atoms with van der Waals surface area (Å²) in [5, 5.41) is 6.94. The molecule has 3 heterocycles. The van der Waals surface area contributed by atoms with Crippen molar-refractivity contribution in [3.05, 3.63) is 54.2 Å². The molecule has 8 heteroatoms. The number of nitrogens with zero attached hydrogens (tertiary/aromatic N) is 3. The van der Waals surface area contributed by atoms with Crippen molar-refractivity contribution in [3.8, 4) is 5.88 Å². The SMILES string of the molecule is Cc1ccc(NC(=O)NC2CCC(Oc3nc(N4CCOCC4)cc4ncccc34)CC2)cc1. The molecule has 34 heavy (non-hydrogen) atoms. The van der Waals surface area contributed by atoms with Gasteiger partial charge in [-0.15, -0.1) is 0 Å². The molecule has 3 aromatic rings. The van der Waals surface area contributed by atoms with Gasteiger partial charge in [-0.25, -0.2) is 4.79 Å². The van der Waals surface area contributed by atoms with Crippen molar-refractivity contribution < 1.29 is 14.3 Å². The van der Waals surface area contributed by atoms with Crippen LogP contribution in [0.4, 0.5) is 16.3 Å². The minimum absolute atomic E-state index is 0.0639. The highest BCUT2D eigenvalue weighted by Gasteiger charge is 2.25. The number of morpholine rings is 1. The normalized spacial score (nSPS) is 20.7. The number of anilines is 2. The zero-order valence-corrected chi connectivity index (χ0v) is 19.5. The first-order valence-electron chi connectivity index (χ1n) is 12.0. The van der Waals surface area contributed by atoms with E-state index in [9.17, 15) is 4.79 Å². The Morgan fingerprint density at radius 3 is 2.62 bits per heavy atom. The van der Waals surface area contributed by atoms with Crippen molar-refractivity contribution in [2.75, 3.05) is 36.5 Å². The molecule has 1 saturated carbocycles. The largest absolute Gasteiger partial charge is 0.474 e. The fourth-order valence-corrected chi connectivity index (χ4v) is 4.55. The third-order valence-electron chi connectivity index (χ3n) is 6.48. The molecule has 0 atom stereocenters. The summed E-state index contributed by atoms with van der Waals surface area (Å²) in [4.78, 5) is 24.0. The van der Waals surface area contributed by atoms with Gasteiger partial charge in [0.25, 0.3) is 0 Å². The van der Waals surface area contributed by atoms with Crippen LogP contribution < -0.4 is 20.3 Å². The number of aryl methyl sites for hydroxylation is 1. The van der Waals surface area contributed by atoms with Crippen LogP contribution in [0.1, 0.15) is 31.2 Å². The molecule has 2 fully saturated rings. The number of hydrogen-bond donors (Lipinski definition) is 2. The van der Waals surface area contributed by atoms with E-state index in [1.807, 2.05) is 49.4 Å². The molecular weight excluding hydrogens is 430 g/mol. The molecule has 0 bridgehead atoms. The first-order chi connectivity index (χ1) is 16.6. The molecule has 0 radical (unpaired) electrons. The molecule has 2 N–H and O–H groups in total. The zero-order chi connectivity index (χ0) is 23.3. The average Bonchev–Trinajstić information content (AvgIpc) is 2.87. The molecule has 1 aliphatic carbocycles. The Balaban J connectivity index is 1.20. The van der Waals surface area contributed by atoms with E-state index in [1.54, 1.807) is 6.20 Å². The molecule has 1 aliphatic heterocycles. The summed E-state index contributed by atoms with van der Waals surface area (Å²) in [6.45, 7) is 5.05. The summed E-state index contributed by atoms with van der Waals surface area (Å²) >= 11 is 0. The van der Waals surface area contributed by atoms with Gasteiger partial charge < -0.3 is 25.0 Å². The summed E-state index contributed by atoms with van der Waals surface area (Å²) in [7, 11) is 0. The van der Waals surface area contributed by atoms with Crippen LogP contribution >= 0.6 is 0 Å². The number of carbonyl (C=O) groups excluding carboxylic acids is 1. The van der Waals surface area contributed by atoms with E-state index >= 15 is 0 Å². The lowest BCUT2D eigenvalue weighted by Gasteiger charge is -2.31. The van der Waals surface area contributed by atoms with Crippen LogP contribution in [0.5, 0.6) is 5.88 Å². The maximum atomic E-state index is 12.4. The number of ether oxygens (including phenoxy) is 2. The molecule has 0 unspecified atom stereocenters. The van der Waals surface area contributed by atoms with Crippen LogP contribution in [-0.2, 0) is 4.74 Å². The van der Waals surface area contributed by atoms with E-state index in [4.69, 9.17) is 14.5 Å². The summed E-state index contributed by atoms with van der Waals surface area (Å²) in [6.07, 6.45) is 5.32. The van der Waals surface area contributed by atoms with Gasteiger partial charge in [0.05, 0.1) is 24.1 Å². The first kappa shape index (κ1) is 22.4. The lowest BCUT2D eigenvalue weighted by atomic mass is 9.93. The van der Waals surface area contributed by atoms with E-state index in [0.717, 1.165) is 66.7 Å². The minimum Gasteiger partial charge on any atom is -0.474 e. The number of pyridine rings is 2. The van der Waals surface area contributed by atoms with Crippen molar-refractivity contribution in [3.63, 3.8) is 0 Å². The van der Waals surface area contributed by atoms with Crippen molar-refractivity contribution in [1.82, 2.24) is 15.3 Å². The van der Waals surface area contributed by atoms with Gasteiger partial charge in [-0.1, -0.05) is 17.7 Å². The van der Waals surface area contributed by atoms with Gasteiger partial charge in [-0.2, -0.15) is 4.98 Å². The predicted octanol–water partition coefficient (Wildman–Crippen LogP) is 4.29. The van der Waals surface area contributed by atoms with Crippen molar-refractivity contribution in [2.24, 2.45) is 0 Å². The molecule has 178 valence electrons. The van der Waals surface area contributed by atoms with Crippen LogP contribution in [-0.4, -0.2) is 54.4 Å². The number of hydrogen-bond acceptors (Lipinski definition) is 6. The maximum Gasteiger partial charge on any atom is 0.319 e. The van der Waals surface area contributed by atoms with Gasteiger partial charge in [-0.05, 0) is 56.9 Å². The first-order valence-corrected chi connectivity index (χ1v) is 12.0. The zero-order valence-electron chi connectivity index (χ0n) is 19.5. The maximum absolute atomic E-state index is 12.4. The molecule has 1 saturated heterocycles. The second-order valence-electron chi connectivity index (χ2n) is 9.01. The number of aromatic nitrogens is 2. The summed E-state index contributed by atoms with van der Waals surface area (Å²) in [5.74, 6) is 1.52. The van der Waals surface area contributed by atoms with Crippen LogP contribution in [0, 0.1) is 6.92 Å². The second-order valence-corrected chi connectivity index (χ2v) is 9.01. The molecule has 0 spiro atoms. The number of benzene rings is 1. The number of fused-ring (bicyclic) bond motifs is 1. The fourth-order valence-electron chi connectivity index (χ4n) is 4.55. The van der Waals surface area contributed by atoms with Crippen molar-refractivity contribution >= 4 is 28.4 Å². The van der Waals surface area contributed by atoms with Gasteiger partial charge in [0.15, 0.2) is 0 Å². The Bertz CT molecular complexity index is 1120. The number of amides is 2. The van der Waals surface area contributed by atoms with Gasteiger partial charge in [0, 0.05) is 37.1 Å². The summed E-state index contributed by atoms with van der Waals surface area (Å²) < 4.78 is 11.9. The van der Waals surface area contributed by atoms with E-state index in [-0.39, 0.29) is 18.2 Å². The smallest absolute Gasteiger partial charge is 0.319 e. The summed E-state index contributed by atoms with van der Waals surface area (Å²) in [5.41, 5.74) is 2.85. The lowest BCUT2D eigenvalue weighted by molar-refractivity contribution is 0.121. The number of carbonyl (C=O) groups is 1. The van der Waals surface area contributed by atoms with Gasteiger partial charge >= 0.3 is 6.03 Å². The Morgan fingerprint density at radius 2 is 1.85 bits per heavy atom. The standard InChI is InChI=1S/C26H31N5O3/c1-18-4-6-19(7-5-18)28-26(32)29-20-8-10-21(11-9-20)34-25-22-3-2-12-27-23(22)17-24(30-25)31-13-15-33-16-14-31/h2-7,12,17,20-21H,8-11,13-16H2,1H3,(H2,28,29,32). The molecule has 8 nitrogen and oxygen atoms in total. The molecule has 5 rings (SSSR count). The third kappa shape index (κ3) is 5.39. The molecule has 1 aromatic carbocycles. The van der Waals surface area contributed by atoms with Gasteiger partial charge in [-0.3, -0.25) is 4.98 Å². The number of rotatable bonds is 5. The van der Waals surface area contributed by atoms with E-state index in [0.29, 0.717) is 19.1 Å². The van der Waals surface area contributed by atoms with E-state index < -0.39 is 0 Å². The predicted molar refractivity (Wildman–Crippen MR) is 133 cm³/mol. The monoisotopic (exact) mass is 461 g/mol. The molecule has 2 aliphatic rings. The highest BCUT2D eigenvalue weighted by Crippen LogP contribution is 2.31. The lowest BCUT2D eigenvalue weighted by Crippen LogP contribution is -2.41. The number of urea groups is 1. The minimum atomic E-state index is -0.162. The van der Waals surface area contributed by atoms with Crippen molar-refractivity contribution in [2.45, 2.75) is 44.8 Å². The topological polar surface area (TPSA) is 88.6 Å². The second kappa shape index (κ2) is 10.3. The van der Waals surface area contributed by atoms with Crippen LogP contribution in [0.15, 0.2) is 48.7 Å². The Labute approximate surface area is 199 Å². The highest BCUT2D eigenvalue weighted by atomic mass is 16.5. The Kier molecular flexibility index (Phi) is 6.76. The Morgan fingerprint density at radius 1 is 1.09 bits per heavy atom. The number of nitrogens with one attached hydrogen (secondary N) is 2. The van der Waals surface area contributed by atoms with Crippen LogP contribution in [0.3, 0.4) is 0 Å². The Hall–Kier alpha value is -3.39. The fraction of sp³-hybridized carbons (Fsp3) is 0.423. The van der Waals surface area contributed by atoms with E-state index in [2.05, 4.69) is 20.5 Å². The van der Waals surface area contributed by atoms with Gasteiger partial charge in [0.1, 0.15) is 11.9 Å². The van der Waals surface area contributed by atoms with Crippen molar-refractivity contribution in [1.29, 1.82) is 0 Å². The highest BCUT2D eigenvalue weighted by molar-refractivity contribution is 5.89. The quantitative estimate of drug-likeness (QED) is 0.589. The molecular formula is C26H31N5O3. The van der Waals surface area contributed by atoms with E-state index in [1.165, 1.54) is 0 Å². The average molecular weight is 462 g/mol. The molecule has 2 amide bonds. The van der Waals surface area contributed by atoms with Crippen LogP contribution in [0.25, 0.3) is 10.9 Å². The van der Waals surface area contributed by atoms with Gasteiger partial charge in [0.2, 0.25) is 5.88 Å².